The molecule has 0 radical (unpaired) electrons. The van der Waals surface area contributed by atoms with Gasteiger partial charge in [0.15, 0.2) is 29.4 Å². The molecule has 0 amide bonds. The van der Waals surface area contributed by atoms with E-state index >= 15 is 0 Å². The van der Waals surface area contributed by atoms with Crippen molar-refractivity contribution < 1.29 is 117 Å². The molecule has 4 atom stereocenters. The van der Waals surface area contributed by atoms with Crippen LogP contribution in [0.15, 0.2) is 211 Å². The third kappa shape index (κ3) is 16.2. The predicted octanol–water partition coefficient (Wildman–Crippen LogP) is 5.86. The van der Waals surface area contributed by atoms with Gasteiger partial charge in [0.2, 0.25) is 0 Å². The van der Waals surface area contributed by atoms with Crippen molar-refractivity contribution in [2.75, 3.05) is 0 Å². The molecule has 12 nitrogen and oxygen atoms in total. The number of halogens is 5. The summed E-state index contributed by atoms with van der Waals surface area (Å²) in [7, 11) is -0.0293. The van der Waals surface area contributed by atoms with Crippen molar-refractivity contribution in [3.8, 4) is 0 Å². The van der Waals surface area contributed by atoms with Gasteiger partial charge in [-0.25, -0.2) is 9.59 Å². The monoisotopic (exact) mass is 1230 g/mol. The van der Waals surface area contributed by atoms with Crippen molar-refractivity contribution in [1.29, 1.82) is 0 Å². The average Bonchev–Trinajstić information content (AvgIpc) is 2.62. The SMILES string of the molecule is O=C1C2CC3CC1CC(OC(=O)C(F)(F)SOO[O-])(C3)C2.O=C1C2CC3CC1CC(OC(=O)C(F)(F)SOO[O-])(C3)C2.[Cl-].[Na+].c1ccc([S+](c2ccccc2)c2ccccc2)cc1.c1ccc([S+](c2ccccc2)c2ccccc2)cc1. The Hall–Kier alpha value is -4.23. The molecule has 0 saturated heterocycles. The van der Waals surface area contributed by atoms with E-state index in [1.807, 2.05) is 0 Å². The molecular formula is C60H56ClF4NaO12S4. The van der Waals surface area contributed by atoms with Gasteiger partial charge in [-0.3, -0.25) is 19.7 Å². The van der Waals surface area contributed by atoms with E-state index in [0.717, 1.165) is 25.7 Å². The molecule has 428 valence electrons. The van der Waals surface area contributed by atoms with Gasteiger partial charge < -0.3 is 32.4 Å². The van der Waals surface area contributed by atoms with Crippen LogP contribution in [0.25, 0.3) is 0 Å². The number of hydrogen-bond donors (Lipinski definition) is 0. The van der Waals surface area contributed by atoms with E-state index in [1.165, 1.54) is 29.4 Å². The first-order valence-corrected chi connectivity index (χ1v) is 29.9. The molecule has 6 aromatic carbocycles. The average molecular weight is 1230 g/mol. The van der Waals surface area contributed by atoms with Gasteiger partial charge in [0, 0.05) is 23.7 Å². The van der Waals surface area contributed by atoms with E-state index in [1.54, 1.807) is 0 Å². The van der Waals surface area contributed by atoms with Gasteiger partial charge >= 0.3 is 52.0 Å². The first-order valence-electron chi connectivity index (χ1n) is 26.0. The molecule has 8 aliphatic rings. The van der Waals surface area contributed by atoms with Crippen LogP contribution in [0.4, 0.5) is 17.6 Å². The second kappa shape index (κ2) is 29.7. The number of benzene rings is 6. The molecule has 0 aromatic heterocycles. The van der Waals surface area contributed by atoms with Crippen LogP contribution in [0, 0.1) is 35.5 Å². The van der Waals surface area contributed by atoms with Crippen LogP contribution < -0.4 is 52.5 Å². The second-order valence-electron chi connectivity index (χ2n) is 20.6. The Morgan fingerprint density at radius 2 is 0.646 bits per heavy atom. The molecule has 8 aliphatic carbocycles. The zero-order valence-corrected chi connectivity index (χ0v) is 50.3. The van der Waals surface area contributed by atoms with Crippen molar-refractivity contribution in [3.05, 3.63) is 182 Å². The third-order valence-electron chi connectivity index (χ3n) is 15.2. The van der Waals surface area contributed by atoms with Crippen LogP contribution in [0.2, 0.25) is 0 Å². The van der Waals surface area contributed by atoms with Gasteiger partial charge in [-0.05, 0) is 149 Å². The Morgan fingerprint density at radius 1 is 0.427 bits per heavy atom. The molecule has 82 heavy (non-hydrogen) atoms. The summed E-state index contributed by atoms with van der Waals surface area (Å²) in [5.41, 5.74) is -1.96. The standard InChI is InChI=1S/2C18H15S.2C12H14F2O6S.ClH.Na/c2*1-4-10-16(11-5-1)19(17-12-6-2-7-13-17)18-14-8-3-9-15-18;2*13-12(14,21-20-19-17)10(16)18-11-3-6-1-7(4-11)9(15)8(2-6)5-11;;/h2*1-15H;2*6-8,17H,1-5H2;1H;/q2*+1;;;;+1/p-3. The Labute approximate surface area is 515 Å². The van der Waals surface area contributed by atoms with E-state index in [9.17, 15) is 47.3 Å². The molecule has 22 heteroatoms. The molecule has 8 bridgehead atoms. The van der Waals surface area contributed by atoms with Crippen LogP contribution in [0.1, 0.15) is 64.2 Å². The molecule has 0 spiro atoms. The maximum atomic E-state index is 13.4. The number of rotatable bonds is 16. The van der Waals surface area contributed by atoms with E-state index in [2.05, 4.69) is 201 Å². The van der Waals surface area contributed by atoms with Gasteiger partial charge in [-0.1, -0.05) is 109 Å². The number of carbonyl (C=O) groups is 4. The molecule has 0 heterocycles. The zero-order chi connectivity index (χ0) is 56.3. The van der Waals surface area contributed by atoms with Crippen LogP contribution in [-0.2, 0) is 69.2 Å². The van der Waals surface area contributed by atoms with E-state index in [4.69, 9.17) is 9.47 Å². The molecule has 6 aromatic rings. The minimum Gasteiger partial charge on any atom is -1.00 e. The second-order valence-corrected chi connectivity index (χ2v) is 26.3. The number of esters is 2. The molecule has 14 rings (SSSR count). The van der Waals surface area contributed by atoms with Crippen molar-refractivity contribution in [1.82, 2.24) is 0 Å². The first-order chi connectivity index (χ1) is 38.6. The van der Waals surface area contributed by atoms with Crippen LogP contribution in [0.3, 0.4) is 0 Å². The summed E-state index contributed by atoms with van der Waals surface area (Å²) in [6.45, 7) is 0. The van der Waals surface area contributed by atoms with Crippen molar-refractivity contribution in [3.63, 3.8) is 0 Å². The third-order valence-corrected chi connectivity index (χ3v) is 20.6. The Bertz CT molecular complexity index is 2580. The maximum absolute atomic E-state index is 13.4. The number of alkyl halides is 4. The van der Waals surface area contributed by atoms with Crippen molar-refractivity contribution in [2.24, 2.45) is 35.5 Å². The fourth-order valence-electron chi connectivity index (χ4n) is 12.4. The van der Waals surface area contributed by atoms with Gasteiger partial charge in [-0.15, -0.1) is 0 Å². The molecule has 4 unspecified atom stereocenters. The van der Waals surface area contributed by atoms with Gasteiger partial charge in [-0.2, -0.15) is 26.2 Å². The minimum atomic E-state index is -4.03. The van der Waals surface area contributed by atoms with Crippen LogP contribution >= 0.6 is 24.1 Å². The summed E-state index contributed by atoms with van der Waals surface area (Å²) in [6.07, 6.45) is 5.29. The fourth-order valence-corrected chi connectivity index (χ4v) is 17.1. The summed E-state index contributed by atoms with van der Waals surface area (Å²) in [5, 5.41) is 16.7. The Balaban J connectivity index is 0.000000156. The molecule has 8 saturated carbocycles. The fraction of sp³-hybridized carbons (Fsp3) is 0.333. The van der Waals surface area contributed by atoms with E-state index in [-0.39, 0.29) is 111 Å². The topological polar surface area (TPSA) is 170 Å². The van der Waals surface area contributed by atoms with Crippen LogP contribution in [-0.4, -0.2) is 45.2 Å². The van der Waals surface area contributed by atoms with Gasteiger partial charge in [0.05, 0.1) is 21.8 Å². The molecule has 8 fully saturated rings. The molecule has 0 N–H and O–H groups in total. The molecule has 0 aliphatic heterocycles. The zero-order valence-electron chi connectivity index (χ0n) is 44.3. The Morgan fingerprint density at radius 3 is 0.854 bits per heavy atom. The smallest absolute Gasteiger partial charge is 1.00 e. The largest absolute Gasteiger partial charge is 1.00 e. The summed E-state index contributed by atoms with van der Waals surface area (Å²) >= 11 is -1.39. The van der Waals surface area contributed by atoms with E-state index < -0.39 is 57.7 Å². The van der Waals surface area contributed by atoms with Crippen LogP contribution in [0.5, 0.6) is 0 Å². The van der Waals surface area contributed by atoms with Gasteiger partial charge in [0.25, 0.3) is 0 Å². The van der Waals surface area contributed by atoms with E-state index in [0.29, 0.717) is 38.5 Å². The summed E-state index contributed by atoms with van der Waals surface area (Å²) in [4.78, 5) is 55.4. The maximum Gasteiger partial charge on any atom is 1.00 e. The minimum absolute atomic E-state index is 0. The quantitative estimate of drug-likeness (QED) is 0.0215. The number of carbonyl (C=O) groups excluding carboxylic acids is 4. The number of ether oxygens (including phenoxy) is 2. The summed E-state index contributed by atoms with van der Waals surface area (Å²) in [5.74, 6) is -3.45. The summed E-state index contributed by atoms with van der Waals surface area (Å²) in [6, 6.07) is 64.3. The predicted molar refractivity (Wildman–Crippen MR) is 287 cm³/mol. The number of hydrogen-bond acceptors (Lipinski definition) is 14. The molecular weight excluding hydrogens is 1180 g/mol. The van der Waals surface area contributed by atoms with Crippen molar-refractivity contribution in [2.45, 2.75) is 115 Å². The Kier molecular flexibility index (Phi) is 23.7. The normalized spacial score (nSPS) is 24.3. The van der Waals surface area contributed by atoms with Gasteiger partial charge in [0.1, 0.15) is 46.9 Å². The first kappa shape index (κ1) is 65.3. The number of Topliss-reactive ketones (excluding diaryl/α,β-unsaturated/α-hetero) is 2. The summed E-state index contributed by atoms with van der Waals surface area (Å²) < 4.78 is 70.9. The number of ketones is 2. The van der Waals surface area contributed by atoms with Crippen molar-refractivity contribution >= 4 is 69.4 Å².